The van der Waals surface area contributed by atoms with Crippen molar-refractivity contribution in [2.24, 2.45) is 5.92 Å². The van der Waals surface area contributed by atoms with Crippen LogP contribution in [-0.4, -0.2) is 12.2 Å². The third-order valence-electron chi connectivity index (χ3n) is 2.85. The molecule has 0 aromatic carbocycles. The van der Waals surface area contributed by atoms with Crippen LogP contribution in [0.3, 0.4) is 0 Å². The van der Waals surface area contributed by atoms with Gasteiger partial charge < -0.3 is 4.74 Å². The number of hydrogen-bond donors (Lipinski definition) is 0. The lowest BCUT2D eigenvalue weighted by atomic mass is 9.99. The molecule has 1 rings (SSSR count). The van der Waals surface area contributed by atoms with Crippen LogP contribution in [0.5, 0.6) is 0 Å². The summed E-state index contributed by atoms with van der Waals surface area (Å²) in [6.07, 6.45) is 7.65. The predicted octanol–water partition coefficient (Wildman–Crippen LogP) is 3.16. The molecule has 0 radical (unpaired) electrons. The maximum atomic E-state index is 5.88. The van der Waals surface area contributed by atoms with Crippen LogP contribution in [0.15, 0.2) is 12.7 Å². The van der Waals surface area contributed by atoms with Crippen LogP contribution in [0, 0.1) is 5.92 Å². The second-order valence-corrected chi connectivity index (χ2v) is 3.78. The van der Waals surface area contributed by atoms with Crippen molar-refractivity contribution in [2.45, 2.75) is 51.7 Å². The molecule has 12 heavy (non-hydrogen) atoms. The second-order valence-electron chi connectivity index (χ2n) is 3.78. The number of ether oxygens (including phenoxy) is 1. The Hall–Kier alpha value is -0.300. The van der Waals surface area contributed by atoms with E-state index in [4.69, 9.17) is 4.74 Å². The van der Waals surface area contributed by atoms with Gasteiger partial charge in [-0.3, -0.25) is 0 Å². The Balaban J connectivity index is 2.29. The van der Waals surface area contributed by atoms with Gasteiger partial charge >= 0.3 is 0 Å². The molecule has 0 spiro atoms. The monoisotopic (exact) mass is 168 g/mol. The average molecular weight is 168 g/mol. The van der Waals surface area contributed by atoms with Crippen molar-refractivity contribution in [1.29, 1.82) is 0 Å². The highest BCUT2D eigenvalue weighted by Gasteiger charge is 2.27. The molecule has 3 unspecified atom stereocenters. The Morgan fingerprint density at radius 2 is 2.33 bits per heavy atom. The van der Waals surface area contributed by atoms with Crippen LogP contribution in [0.1, 0.15) is 39.5 Å². The van der Waals surface area contributed by atoms with E-state index in [9.17, 15) is 0 Å². The second kappa shape index (κ2) is 4.66. The summed E-state index contributed by atoms with van der Waals surface area (Å²) in [6.45, 7) is 8.24. The summed E-state index contributed by atoms with van der Waals surface area (Å²) >= 11 is 0. The van der Waals surface area contributed by atoms with Gasteiger partial charge in [0.25, 0.3) is 0 Å². The van der Waals surface area contributed by atoms with Gasteiger partial charge in [0.05, 0.1) is 12.2 Å². The Kier molecular flexibility index (Phi) is 3.80. The van der Waals surface area contributed by atoms with E-state index in [0.29, 0.717) is 12.2 Å². The molecular formula is C11H20O. The zero-order valence-electron chi connectivity index (χ0n) is 8.25. The van der Waals surface area contributed by atoms with Crippen LogP contribution in [0.4, 0.5) is 0 Å². The standard InChI is InChI=1S/C11H20O/c1-4-6-10-7-8-11(12-10)9(3)5-2/h4,9-11H,1,5-8H2,2-3H3. The first kappa shape index (κ1) is 9.79. The molecule has 1 aliphatic rings. The minimum atomic E-state index is 0.460. The van der Waals surface area contributed by atoms with Gasteiger partial charge in [-0.1, -0.05) is 26.3 Å². The van der Waals surface area contributed by atoms with E-state index in [1.54, 1.807) is 0 Å². The summed E-state index contributed by atoms with van der Waals surface area (Å²) in [5.41, 5.74) is 0. The zero-order chi connectivity index (χ0) is 8.97. The molecule has 1 saturated heterocycles. The average Bonchev–Trinajstić information content (AvgIpc) is 2.52. The molecule has 0 saturated carbocycles. The van der Waals surface area contributed by atoms with Crippen molar-refractivity contribution in [1.82, 2.24) is 0 Å². The van der Waals surface area contributed by atoms with Gasteiger partial charge in [0, 0.05) is 0 Å². The predicted molar refractivity (Wildman–Crippen MR) is 52.2 cm³/mol. The Bertz CT molecular complexity index is 142. The molecule has 70 valence electrons. The van der Waals surface area contributed by atoms with E-state index in [1.165, 1.54) is 19.3 Å². The van der Waals surface area contributed by atoms with Gasteiger partial charge in [0.2, 0.25) is 0 Å². The molecule has 1 nitrogen and oxygen atoms in total. The first-order valence-corrected chi connectivity index (χ1v) is 5.04. The van der Waals surface area contributed by atoms with Gasteiger partial charge in [-0.05, 0) is 25.2 Å². The van der Waals surface area contributed by atoms with Gasteiger partial charge in [0.15, 0.2) is 0 Å². The minimum Gasteiger partial charge on any atom is -0.374 e. The van der Waals surface area contributed by atoms with E-state index in [2.05, 4.69) is 20.4 Å². The molecular weight excluding hydrogens is 148 g/mol. The maximum absolute atomic E-state index is 5.88. The van der Waals surface area contributed by atoms with Crippen LogP contribution in [-0.2, 0) is 4.74 Å². The zero-order valence-corrected chi connectivity index (χ0v) is 8.25. The van der Waals surface area contributed by atoms with Crippen LogP contribution in [0.2, 0.25) is 0 Å². The molecule has 1 heterocycles. The summed E-state index contributed by atoms with van der Waals surface area (Å²) in [4.78, 5) is 0. The first-order valence-electron chi connectivity index (χ1n) is 5.04. The number of hydrogen-bond acceptors (Lipinski definition) is 1. The fraction of sp³-hybridized carbons (Fsp3) is 0.818. The molecule has 1 fully saturated rings. The lowest BCUT2D eigenvalue weighted by molar-refractivity contribution is 0.0160. The summed E-state index contributed by atoms with van der Waals surface area (Å²) in [6, 6.07) is 0. The van der Waals surface area contributed by atoms with Crippen molar-refractivity contribution in [3.05, 3.63) is 12.7 Å². The lowest BCUT2D eigenvalue weighted by Gasteiger charge is -2.18. The molecule has 0 amide bonds. The Labute approximate surface area is 75.8 Å². The largest absolute Gasteiger partial charge is 0.374 e. The van der Waals surface area contributed by atoms with Crippen LogP contribution < -0.4 is 0 Å². The molecule has 1 heteroatoms. The van der Waals surface area contributed by atoms with Crippen LogP contribution >= 0.6 is 0 Å². The third kappa shape index (κ3) is 2.34. The van der Waals surface area contributed by atoms with E-state index in [1.807, 2.05) is 6.08 Å². The van der Waals surface area contributed by atoms with Crippen LogP contribution in [0.25, 0.3) is 0 Å². The van der Waals surface area contributed by atoms with Crippen molar-refractivity contribution < 1.29 is 4.74 Å². The van der Waals surface area contributed by atoms with E-state index in [-0.39, 0.29) is 0 Å². The molecule has 3 atom stereocenters. The van der Waals surface area contributed by atoms with Gasteiger partial charge in [0.1, 0.15) is 0 Å². The fourth-order valence-electron chi connectivity index (χ4n) is 1.77. The van der Waals surface area contributed by atoms with Crippen molar-refractivity contribution >= 4 is 0 Å². The van der Waals surface area contributed by atoms with Crippen molar-refractivity contribution in [2.75, 3.05) is 0 Å². The smallest absolute Gasteiger partial charge is 0.0614 e. The van der Waals surface area contributed by atoms with E-state index >= 15 is 0 Å². The summed E-state index contributed by atoms with van der Waals surface area (Å²) in [5.74, 6) is 0.722. The first-order chi connectivity index (χ1) is 5.77. The Morgan fingerprint density at radius 1 is 1.58 bits per heavy atom. The molecule has 0 aromatic heterocycles. The van der Waals surface area contributed by atoms with Gasteiger partial charge in [-0.25, -0.2) is 0 Å². The molecule has 0 aliphatic carbocycles. The van der Waals surface area contributed by atoms with E-state index in [0.717, 1.165) is 12.3 Å². The minimum absolute atomic E-state index is 0.460. The molecule has 0 N–H and O–H groups in total. The highest BCUT2D eigenvalue weighted by atomic mass is 16.5. The fourth-order valence-corrected chi connectivity index (χ4v) is 1.77. The summed E-state index contributed by atoms with van der Waals surface area (Å²) in [7, 11) is 0. The van der Waals surface area contributed by atoms with Crippen molar-refractivity contribution in [3.63, 3.8) is 0 Å². The van der Waals surface area contributed by atoms with E-state index < -0.39 is 0 Å². The van der Waals surface area contributed by atoms with Crippen molar-refractivity contribution in [3.8, 4) is 0 Å². The summed E-state index contributed by atoms with van der Waals surface area (Å²) < 4.78 is 5.88. The highest BCUT2D eigenvalue weighted by Crippen LogP contribution is 2.28. The maximum Gasteiger partial charge on any atom is 0.0614 e. The highest BCUT2D eigenvalue weighted by molar-refractivity contribution is 4.82. The Morgan fingerprint density at radius 3 is 2.92 bits per heavy atom. The summed E-state index contributed by atoms with van der Waals surface area (Å²) in [5, 5.41) is 0. The quantitative estimate of drug-likeness (QED) is 0.586. The molecule has 0 aromatic rings. The normalized spacial score (nSPS) is 31.8. The SMILES string of the molecule is C=CCC1CCC(C(C)CC)O1. The topological polar surface area (TPSA) is 9.23 Å². The number of rotatable bonds is 4. The lowest BCUT2D eigenvalue weighted by Crippen LogP contribution is -2.17. The molecule has 0 bridgehead atoms. The molecule has 1 aliphatic heterocycles. The van der Waals surface area contributed by atoms with Gasteiger partial charge in [-0.2, -0.15) is 0 Å². The van der Waals surface area contributed by atoms with Gasteiger partial charge in [-0.15, -0.1) is 6.58 Å². The third-order valence-corrected chi connectivity index (χ3v) is 2.85.